The number of benzene rings is 2. The highest BCUT2D eigenvalue weighted by molar-refractivity contribution is 6.43. The Hall–Kier alpha value is -2.90. The van der Waals surface area contributed by atoms with Gasteiger partial charge in [0.15, 0.2) is 0 Å². The molecule has 0 aromatic heterocycles. The maximum absolute atomic E-state index is 12.6. The number of amides is 4. The summed E-state index contributed by atoms with van der Waals surface area (Å²) < 4.78 is 0. The van der Waals surface area contributed by atoms with Crippen molar-refractivity contribution in [3.05, 3.63) is 69.2 Å². The first kappa shape index (κ1) is 20.8. The second-order valence-electron chi connectivity index (χ2n) is 6.38. The van der Waals surface area contributed by atoms with Gasteiger partial charge >= 0.3 is 0 Å². The summed E-state index contributed by atoms with van der Waals surface area (Å²) in [4.78, 5) is 50.3. The van der Waals surface area contributed by atoms with Crippen LogP contribution in [0.2, 0.25) is 10.0 Å². The normalized spacial score (nSPS) is 13.8. The molecule has 2 aromatic rings. The molecule has 1 atom stereocenters. The first-order valence-corrected chi connectivity index (χ1v) is 9.54. The molecule has 9 heteroatoms. The summed E-state index contributed by atoms with van der Waals surface area (Å²) in [6.07, 6.45) is 0. The zero-order valence-electron chi connectivity index (χ0n) is 15.4. The van der Waals surface area contributed by atoms with Crippen molar-refractivity contribution in [2.75, 3.05) is 13.1 Å². The van der Waals surface area contributed by atoms with Crippen molar-refractivity contribution in [2.45, 2.75) is 13.0 Å². The van der Waals surface area contributed by atoms with E-state index in [1.54, 1.807) is 30.3 Å². The Balaban J connectivity index is 1.56. The summed E-state index contributed by atoms with van der Waals surface area (Å²) in [5.41, 5.74) is 0.730. The maximum atomic E-state index is 12.6. The monoisotopic (exact) mass is 433 g/mol. The number of rotatable bonds is 6. The maximum Gasteiger partial charge on any atom is 0.262 e. The van der Waals surface area contributed by atoms with E-state index in [4.69, 9.17) is 23.2 Å². The smallest absolute Gasteiger partial charge is 0.262 e. The van der Waals surface area contributed by atoms with Crippen LogP contribution in [0.15, 0.2) is 42.5 Å². The minimum atomic E-state index is -1.04. The molecule has 0 fully saturated rings. The van der Waals surface area contributed by atoms with E-state index >= 15 is 0 Å². The Morgan fingerprint density at radius 2 is 1.45 bits per heavy atom. The molecule has 7 nitrogen and oxygen atoms in total. The Morgan fingerprint density at radius 1 is 0.931 bits per heavy atom. The first-order chi connectivity index (χ1) is 13.8. The van der Waals surface area contributed by atoms with Crippen LogP contribution in [0.4, 0.5) is 0 Å². The molecule has 1 heterocycles. The molecule has 4 amide bonds. The molecule has 0 radical (unpaired) electrons. The Labute approximate surface area is 177 Å². The lowest BCUT2D eigenvalue weighted by Gasteiger charge is -2.21. The van der Waals surface area contributed by atoms with Crippen molar-refractivity contribution in [1.82, 2.24) is 15.5 Å². The van der Waals surface area contributed by atoms with Crippen LogP contribution in [-0.4, -0.2) is 47.7 Å². The SMILES string of the molecule is CC(C(=O)NCCNC(=O)c1ccccc1)N1C(=O)c2cc(Cl)c(Cl)cc2C1=O. The van der Waals surface area contributed by atoms with E-state index in [9.17, 15) is 19.2 Å². The van der Waals surface area contributed by atoms with Crippen molar-refractivity contribution in [3.8, 4) is 0 Å². The van der Waals surface area contributed by atoms with Gasteiger partial charge in [0.25, 0.3) is 17.7 Å². The van der Waals surface area contributed by atoms with Gasteiger partial charge in [0.1, 0.15) is 6.04 Å². The molecule has 0 saturated carbocycles. The Bertz CT molecular complexity index is 954. The Kier molecular flexibility index (Phi) is 6.20. The van der Waals surface area contributed by atoms with E-state index < -0.39 is 23.8 Å². The number of carbonyl (C=O) groups is 4. The summed E-state index contributed by atoms with van der Waals surface area (Å²) in [7, 11) is 0. The lowest BCUT2D eigenvalue weighted by atomic mass is 10.1. The predicted molar refractivity (Wildman–Crippen MR) is 108 cm³/mol. The van der Waals surface area contributed by atoms with Crippen LogP contribution in [0.1, 0.15) is 38.0 Å². The molecule has 150 valence electrons. The first-order valence-electron chi connectivity index (χ1n) is 8.79. The number of nitrogens with zero attached hydrogens (tertiary/aromatic N) is 1. The van der Waals surface area contributed by atoms with E-state index in [1.165, 1.54) is 19.1 Å². The van der Waals surface area contributed by atoms with E-state index in [1.807, 2.05) is 0 Å². The van der Waals surface area contributed by atoms with Crippen LogP contribution in [-0.2, 0) is 4.79 Å². The van der Waals surface area contributed by atoms with Crippen molar-refractivity contribution in [2.24, 2.45) is 0 Å². The van der Waals surface area contributed by atoms with Crippen LogP contribution in [0.5, 0.6) is 0 Å². The molecule has 0 bridgehead atoms. The van der Waals surface area contributed by atoms with E-state index in [0.717, 1.165) is 4.90 Å². The standard InChI is InChI=1S/C20H17Cl2N3O4/c1-11(17(26)23-7-8-24-18(27)12-5-3-2-4-6-12)25-19(28)13-9-15(21)16(22)10-14(13)20(25)29/h2-6,9-11H,7-8H2,1H3,(H,23,26)(H,24,27). The number of hydrogen-bond acceptors (Lipinski definition) is 4. The second-order valence-corrected chi connectivity index (χ2v) is 7.20. The number of carbonyl (C=O) groups excluding carboxylic acids is 4. The molecule has 1 aliphatic rings. The lowest BCUT2D eigenvalue weighted by molar-refractivity contribution is -0.124. The van der Waals surface area contributed by atoms with E-state index in [2.05, 4.69) is 10.6 Å². The fraction of sp³-hybridized carbons (Fsp3) is 0.200. The highest BCUT2D eigenvalue weighted by Crippen LogP contribution is 2.32. The van der Waals surface area contributed by atoms with Gasteiger partial charge in [0, 0.05) is 18.7 Å². The van der Waals surface area contributed by atoms with Crippen molar-refractivity contribution in [3.63, 3.8) is 0 Å². The zero-order valence-corrected chi connectivity index (χ0v) is 16.9. The van der Waals surface area contributed by atoms with Gasteiger partial charge in [-0.25, -0.2) is 0 Å². The summed E-state index contributed by atoms with van der Waals surface area (Å²) in [5, 5.41) is 5.59. The van der Waals surface area contributed by atoms with Crippen molar-refractivity contribution >= 4 is 46.8 Å². The molecule has 0 aliphatic carbocycles. The fourth-order valence-electron chi connectivity index (χ4n) is 2.92. The molecule has 29 heavy (non-hydrogen) atoms. The highest BCUT2D eigenvalue weighted by Gasteiger charge is 2.41. The zero-order chi connectivity index (χ0) is 21.1. The number of hydrogen-bond donors (Lipinski definition) is 2. The fourth-order valence-corrected chi connectivity index (χ4v) is 3.25. The molecule has 0 saturated heterocycles. The third-order valence-electron chi connectivity index (χ3n) is 4.47. The second kappa shape index (κ2) is 8.63. The summed E-state index contributed by atoms with van der Waals surface area (Å²) >= 11 is 11.8. The van der Waals surface area contributed by atoms with Crippen LogP contribution in [0.3, 0.4) is 0 Å². The van der Waals surface area contributed by atoms with Gasteiger partial charge in [-0.1, -0.05) is 41.4 Å². The van der Waals surface area contributed by atoms with Crippen molar-refractivity contribution < 1.29 is 19.2 Å². The largest absolute Gasteiger partial charge is 0.353 e. The highest BCUT2D eigenvalue weighted by atomic mass is 35.5. The average molecular weight is 434 g/mol. The third-order valence-corrected chi connectivity index (χ3v) is 5.19. The molecule has 2 aromatic carbocycles. The third kappa shape index (κ3) is 4.26. The molecule has 1 aliphatic heterocycles. The van der Waals surface area contributed by atoms with Gasteiger partial charge in [-0.2, -0.15) is 0 Å². The summed E-state index contributed by atoms with van der Waals surface area (Å²) in [5.74, 6) is -2.00. The predicted octanol–water partition coefficient (Wildman–Crippen LogP) is 2.52. The molecular weight excluding hydrogens is 417 g/mol. The summed E-state index contributed by atoms with van der Waals surface area (Å²) in [6, 6.07) is 10.3. The minimum absolute atomic E-state index is 0.110. The van der Waals surface area contributed by atoms with E-state index in [0.29, 0.717) is 5.56 Å². The topological polar surface area (TPSA) is 95.6 Å². The summed E-state index contributed by atoms with van der Waals surface area (Å²) in [6.45, 7) is 1.78. The van der Waals surface area contributed by atoms with E-state index in [-0.39, 0.29) is 40.2 Å². The minimum Gasteiger partial charge on any atom is -0.353 e. The van der Waals surface area contributed by atoms with Gasteiger partial charge in [0.05, 0.1) is 21.2 Å². The average Bonchev–Trinajstić information content (AvgIpc) is 2.95. The van der Waals surface area contributed by atoms with Gasteiger partial charge in [-0.05, 0) is 31.2 Å². The van der Waals surface area contributed by atoms with Crippen LogP contribution in [0, 0.1) is 0 Å². The van der Waals surface area contributed by atoms with Crippen LogP contribution >= 0.6 is 23.2 Å². The van der Waals surface area contributed by atoms with Gasteiger partial charge in [0.2, 0.25) is 5.91 Å². The molecule has 3 rings (SSSR count). The number of fused-ring (bicyclic) bond motifs is 1. The quantitative estimate of drug-likeness (QED) is 0.540. The number of imide groups is 1. The lowest BCUT2D eigenvalue weighted by Crippen LogP contribution is -2.49. The molecular formula is C20H17Cl2N3O4. The van der Waals surface area contributed by atoms with Gasteiger partial charge in [-0.3, -0.25) is 24.1 Å². The Morgan fingerprint density at radius 3 is 2.00 bits per heavy atom. The number of nitrogens with one attached hydrogen (secondary N) is 2. The van der Waals surface area contributed by atoms with Gasteiger partial charge < -0.3 is 10.6 Å². The molecule has 2 N–H and O–H groups in total. The molecule has 0 spiro atoms. The number of halogens is 2. The van der Waals surface area contributed by atoms with Crippen LogP contribution < -0.4 is 10.6 Å². The van der Waals surface area contributed by atoms with Gasteiger partial charge in [-0.15, -0.1) is 0 Å². The van der Waals surface area contributed by atoms with Crippen LogP contribution in [0.25, 0.3) is 0 Å². The van der Waals surface area contributed by atoms with Crippen molar-refractivity contribution in [1.29, 1.82) is 0 Å². The molecule has 1 unspecified atom stereocenters.